The summed E-state index contributed by atoms with van der Waals surface area (Å²) in [6, 6.07) is 7.04. The molecule has 0 bridgehead atoms. The first-order valence-electron chi connectivity index (χ1n) is 7.87. The van der Waals surface area contributed by atoms with Crippen LogP contribution in [0, 0.1) is 12.8 Å². The van der Waals surface area contributed by atoms with E-state index in [1.807, 2.05) is 39.1 Å². The van der Waals surface area contributed by atoms with Gasteiger partial charge in [-0.2, -0.15) is 5.10 Å². The molecule has 1 aromatic carbocycles. The van der Waals surface area contributed by atoms with E-state index in [1.54, 1.807) is 29.9 Å². The summed E-state index contributed by atoms with van der Waals surface area (Å²) in [5.41, 5.74) is 1.59. The second-order valence-electron chi connectivity index (χ2n) is 6.61. The second kappa shape index (κ2) is 6.86. The van der Waals surface area contributed by atoms with E-state index < -0.39 is 11.5 Å². The van der Waals surface area contributed by atoms with Gasteiger partial charge in [-0.05, 0) is 49.6 Å². The zero-order valence-corrected chi connectivity index (χ0v) is 14.4. The minimum Gasteiger partial charge on any atom is -0.481 e. The molecule has 6 heteroatoms. The Hall–Kier alpha value is -2.63. The highest BCUT2D eigenvalue weighted by Gasteiger charge is 2.33. The van der Waals surface area contributed by atoms with E-state index in [4.69, 9.17) is 5.11 Å². The lowest BCUT2D eigenvalue weighted by atomic mass is 9.85. The smallest absolute Gasteiger partial charge is 0.305 e. The Bertz CT molecular complexity index is 734. The quantitative estimate of drug-likeness (QED) is 0.853. The molecular formula is C18H23N3O3. The molecule has 0 spiro atoms. The van der Waals surface area contributed by atoms with E-state index >= 15 is 0 Å². The molecule has 1 atom stereocenters. The van der Waals surface area contributed by atoms with Crippen molar-refractivity contribution in [3.63, 3.8) is 0 Å². The zero-order valence-electron chi connectivity index (χ0n) is 14.4. The maximum atomic E-state index is 12.5. The number of amides is 1. The monoisotopic (exact) mass is 329 g/mol. The number of carbonyl (C=O) groups excluding carboxylic acids is 1. The number of nitrogens with zero attached hydrogens (tertiary/aromatic N) is 2. The topological polar surface area (TPSA) is 84.2 Å². The van der Waals surface area contributed by atoms with E-state index in [-0.39, 0.29) is 18.2 Å². The standard InChI is InChI=1S/C18H23N3O3/c1-12(2)18(4,9-16(22)23)20-17(24)14-5-7-15(8-6-14)21-11-13(3)10-19-21/h5-8,10-12H,9H2,1-4H3,(H,20,24)(H,22,23). The Morgan fingerprint density at radius 3 is 2.38 bits per heavy atom. The number of carboxylic acid groups (broad SMARTS) is 1. The molecule has 2 aromatic rings. The molecule has 6 nitrogen and oxygen atoms in total. The van der Waals surface area contributed by atoms with Gasteiger partial charge in [0.1, 0.15) is 0 Å². The molecule has 1 heterocycles. The molecule has 0 fully saturated rings. The van der Waals surface area contributed by atoms with Gasteiger partial charge in [0.2, 0.25) is 0 Å². The molecule has 1 aromatic heterocycles. The van der Waals surface area contributed by atoms with Crippen molar-refractivity contribution in [2.24, 2.45) is 5.92 Å². The van der Waals surface area contributed by atoms with Crippen LogP contribution in [0.2, 0.25) is 0 Å². The third-order valence-corrected chi connectivity index (χ3v) is 4.30. The lowest BCUT2D eigenvalue weighted by molar-refractivity contribution is -0.138. The SMILES string of the molecule is Cc1cnn(-c2ccc(C(=O)NC(C)(CC(=O)O)C(C)C)cc2)c1. The molecule has 0 aliphatic heterocycles. The van der Waals surface area contributed by atoms with Crippen molar-refractivity contribution in [3.05, 3.63) is 47.8 Å². The van der Waals surface area contributed by atoms with Crippen LogP contribution in [0.1, 0.15) is 43.1 Å². The molecule has 0 radical (unpaired) electrons. The zero-order chi connectivity index (χ0) is 17.9. The Morgan fingerprint density at radius 1 is 1.29 bits per heavy atom. The van der Waals surface area contributed by atoms with Gasteiger partial charge in [-0.1, -0.05) is 13.8 Å². The maximum Gasteiger partial charge on any atom is 0.305 e. The number of carbonyl (C=O) groups is 2. The van der Waals surface area contributed by atoms with Crippen molar-refractivity contribution >= 4 is 11.9 Å². The highest BCUT2D eigenvalue weighted by atomic mass is 16.4. The van der Waals surface area contributed by atoms with E-state index in [0.29, 0.717) is 5.56 Å². The van der Waals surface area contributed by atoms with Gasteiger partial charge in [0.05, 0.1) is 23.8 Å². The molecule has 2 rings (SSSR count). The van der Waals surface area contributed by atoms with Gasteiger partial charge in [0, 0.05) is 11.8 Å². The Balaban J connectivity index is 2.16. The van der Waals surface area contributed by atoms with Gasteiger partial charge < -0.3 is 10.4 Å². The number of carboxylic acids is 1. The van der Waals surface area contributed by atoms with Crippen LogP contribution >= 0.6 is 0 Å². The number of aryl methyl sites for hydroxylation is 1. The summed E-state index contributed by atoms with van der Waals surface area (Å²) in [5.74, 6) is -1.23. The molecule has 2 N–H and O–H groups in total. The van der Waals surface area contributed by atoms with E-state index in [0.717, 1.165) is 11.3 Å². The first-order chi connectivity index (χ1) is 11.2. The Kier molecular flexibility index (Phi) is 5.07. The lowest BCUT2D eigenvalue weighted by Crippen LogP contribution is -2.51. The lowest BCUT2D eigenvalue weighted by Gasteiger charge is -2.33. The highest BCUT2D eigenvalue weighted by molar-refractivity contribution is 5.95. The molecule has 24 heavy (non-hydrogen) atoms. The summed E-state index contributed by atoms with van der Waals surface area (Å²) in [6.45, 7) is 7.50. The van der Waals surface area contributed by atoms with Crippen molar-refractivity contribution in [1.29, 1.82) is 0 Å². The van der Waals surface area contributed by atoms with Crippen molar-refractivity contribution in [3.8, 4) is 5.69 Å². The predicted octanol–water partition coefficient (Wildman–Crippen LogP) is 2.80. The van der Waals surface area contributed by atoms with E-state index in [2.05, 4.69) is 10.4 Å². The van der Waals surface area contributed by atoms with Gasteiger partial charge in [0.25, 0.3) is 5.91 Å². The summed E-state index contributed by atoms with van der Waals surface area (Å²) >= 11 is 0. The Labute approximate surface area is 141 Å². The molecule has 0 saturated heterocycles. The number of aromatic nitrogens is 2. The molecule has 1 amide bonds. The second-order valence-corrected chi connectivity index (χ2v) is 6.61. The Morgan fingerprint density at radius 2 is 1.92 bits per heavy atom. The van der Waals surface area contributed by atoms with Crippen LogP contribution in [0.15, 0.2) is 36.7 Å². The number of benzene rings is 1. The van der Waals surface area contributed by atoms with Crippen molar-refractivity contribution in [1.82, 2.24) is 15.1 Å². The van der Waals surface area contributed by atoms with Gasteiger partial charge in [-0.25, -0.2) is 4.68 Å². The molecule has 128 valence electrons. The van der Waals surface area contributed by atoms with Crippen molar-refractivity contribution in [2.45, 2.75) is 39.7 Å². The molecule has 0 aliphatic carbocycles. The summed E-state index contributed by atoms with van der Waals surface area (Å²) in [6.07, 6.45) is 3.54. The first-order valence-corrected chi connectivity index (χ1v) is 7.87. The van der Waals surface area contributed by atoms with Crippen LogP contribution < -0.4 is 5.32 Å². The first kappa shape index (κ1) is 17.7. The minimum absolute atomic E-state index is 0.0103. The third kappa shape index (κ3) is 4.01. The van der Waals surface area contributed by atoms with Crippen LogP contribution in [0.5, 0.6) is 0 Å². The summed E-state index contributed by atoms with van der Waals surface area (Å²) < 4.78 is 1.74. The summed E-state index contributed by atoms with van der Waals surface area (Å²) in [5, 5.41) is 16.2. The normalized spacial score (nSPS) is 13.5. The average Bonchev–Trinajstić information content (AvgIpc) is 2.93. The fourth-order valence-electron chi connectivity index (χ4n) is 2.36. The minimum atomic E-state index is -0.934. The number of rotatable bonds is 6. The number of nitrogens with one attached hydrogen (secondary N) is 1. The number of aliphatic carboxylic acids is 1. The molecule has 0 aliphatic rings. The highest BCUT2D eigenvalue weighted by Crippen LogP contribution is 2.22. The van der Waals surface area contributed by atoms with Gasteiger partial charge in [-0.15, -0.1) is 0 Å². The molecule has 0 saturated carbocycles. The third-order valence-electron chi connectivity index (χ3n) is 4.30. The number of hydrogen-bond donors (Lipinski definition) is 2. The van der Waals surface area contributed by atoms with Crippen molar-refractivity contribution in [2.75, 3.05) is 0 Å². The van der Waals surface area contributed by atoms with Crippen LogP contribution in [0.25, 0.3) is 5.69 Å². The van der Waals surface area contributed by atoms with Gasteiger partial charge in [0.15, 0.2) is 0 Å². The van der Waals surface area contributed by atoms with Crippen LogP contribution in [-0.4, -0.2) is 32.3 Å². The van der Waals surface area contributed by atoms with E-state index in [9.17, 15) is 9.59 Å². The molecular weight excluding hydrogens is 306 g/mol. The van der Waals surface area contributed by atoms with E-state index in [1.165, 1.54) is 0 Å². The fraction of sp³-hybridized carbons (Fsp3) is 0.389. The predicted molar refractivity (Wildman–Crippen MR) is 91.3 cm³/mol. The maximum absolute atomic E-state index is 12.5. The van der Waals surface area contributed by atoms with Crippen LogP contribution in [0.4, 0.5) is 0 Å². The number of hydrogen-bond acceptors (Lipinski definition) is 3. The van der Waals surface area contributed by atoms with Gasteiger partial charge >= 0.3 is 5.97 Å². The average molecular weight is 329 g/mol. The summed E-state index contributed by atoms with van der Waals surface area (Å²) in [7, 11) is 0. The molecule has 1 unspecified atom stereocenters. The van der Waals surface area contributed by atoms with Crippen LogP contribution in [-0.2, 0) is 4.79 Å². The fourth-order valence-corrected chi connectivity index (χ4v) is 2.36. The van der Waals surface area contributed by atoms with Crippen LogP contribution in [0.3, 0.4) is 0 Å². The largest absolute Gasteiger partial charge is 0.481 e. The summed E-state index contributed by atoms with van der Waals surface area (Å²) in [4.78, 5) is 23.6. The van der Waals surface area contributed by atoms with Crippen molar-refractivity contribution < 1.29 is 14.7 Å². The van der Waals surface area contributed by atoms with Gasteiger partial charge in [-0.3, -0.25) is 9.59 Å².